The molecule has 4 aliphatic carbocycles. The van der Waals surface area contributed by atoms with Crippen LogP contribution >= 0.6 is 0 Å². The first-order chi connectivity index (χ1) is 26.0. The molecule has 8 nitrogen and oxygen atoms in total. The van der Waals surface area contributed by atoms with Crippen molar-refractivity contribution in [1.29, 1.82) is 0 Å². The molecule has 0 bridgehead atoms. The second-order valence-electron chi connectivity index (χ2n) is 16.0. The summed E-state index contributed by atoms with van der Waals surface area (Å²) in [7, 11) is 3.59. The minimum absolute atomic E-state index is 0.0334. The normalized spacial score (nSPS) is 17.3. The van der Waals surface area contributed by atoms with Crippen LogP contribution in [0, 0.1) is 13.8 Å². The SMILES string of the molecule is Cc1cc(-c2cc3c(cc2COC2CCCC2)CC(=O)CC3)cn(C)c1=O.Cc1cc(-c2ccc3c(c2COC2CCCC2)CCC(=O)C3)cn(C)c1=O. The summed E-state index contributed by atoms with van der Waals surface area (Å²) >= 11 is 0. The van der Waals surface area contributed by atoms with Crippen molar-refractivity contribution in [1.82, 2.24) is 9.13 Å². The molecule has 0 unspecified atom stereocenters. The summed E-state index contributed by atoms with van der Waals surface area (Å²) in [5, 5.41) is 0. The number of rotatable bonds is 8. The average molecular weight is 731 g/mol. The second kappa shape index (κ2) is 16.5. The van der Waals surface area contributed by atoms with Crippen molar-refractivity contribution < 1.29 is 19.1 Å². The van der Waals surface area contributed by atoms with Crippen molar-refractivity contribution in [3.63, 3.8) is 0 Å². The average Bonchev–Trinajstić information content (AvgIpc) is 3.89. The van der Waals surface area contributed by atoms with Gasteiger partial charge in [-0.05, 0) is 120 Å². The molecule has 2 heterocycles. The number of carbonyl (C=O) groups excluding carboxylic acids is 2. The summed E-state index contributed by atoms with van der Waals surface area (Å²) in [6, 6.07) is 12.5. The Morgan fingerprint density at radius 2 is 1.13 bits per heavy atom. The Hall–Kier alpha value is -4.40. The molecule has 8 heteroatoms. The Morgan fingerprint density at radius 1 is 0.593 bits per heavy atom. The molecule has 2 saturated carbocycles. The number of aromatic nitrogens is 2. The maximum Gasteiger partial charge on any atom is 0.253 e. The predicted octanol–water partition coefficient (Wildman–Crippen LogP) is 7.76. The molecule has 0 amide bonds. The standard InChI is InChI=1S/2C23H27NO3/c1-15-11-17(13-24(2)23(15)26)21-9-7-16-12-18(25)8-10-20(16)22(21)14-27-19-5-3-4-6-19;1-15-9-18(13-24(2)23(15)26)22-12-16-7-8-20(25)11-17(16)10-19(22)14-27-21-5-3-4-6-21/h7,9,11,13,19H,3-6,8,10,12,14H2,1-2H3;9-10,12-13,21H,3-8,11,14H2,1-2H3. The van der Waals surface area contributed by atoms with Gasteiger partial charge >= 0.3 is 0 Å². The van der Waals surface area contributed by atoms with E-state index in [-0.39, 0.29) is 11.1 Å². The van der Waals surface area contributed by atoms with Gasteiger partial charge in [-0.15, -0.1) is 0 Å². The fourth-order valence-corrected chi connectivity index (χ4v) is 8.89. The van der Waals surface area contributed by atoms with E-state index in [1.807, 2.05) is 38.4 Å². The van der Waals surface area contributed by atoms with Gasteiger partial charge in [-0.1, -0.05) is 49.9 Å². The fraction of sp³-hybridized carbons (Fsp3) is 0.478. The topological polar surface area (TPSA) is 96.6 Å². The lowest BCUT2D eigenvalue weighted by molar-refractivity contribution is -0.119. The third-order valence-corrected chi connectivity index (χ3v) is 11.9. The summed E-state index contributed by atoms with van der Waals surface area (Å²) < 4.78 is 15.8. The summed E-state index contributed by atoms with van der Waals surface area (Å²) in [6.07, 6.45) is 17.9. The van der Waals surface area contributed by atoms with E-state index in [0.29, 0.717) is 62.7 Å². The number of pyridine rings is 2. The van der Waals surface area contributed by atoms with E-state index in [1.54, 1.807) is 23.2 Å². The number of carbonyl (C=O) groups is 2. The van der Waals surface area contributed by atoms with Crippen LogP contribution in [0.5, 0.6) is 0 Å². The zero-order chi connectivity index (χ0) is 37.9. The molecule has 2 aromatic heterocycles. The zero-order valence-electron chi connectivity index (χ0n) is 32.4. The number of hydrogen-bond donors (Lipinski definition) is 0. The summed E-state index contributed by atoms with van der Waals surface area (Å²) in [5.74, 6) is 0.631. The van der Waals surface area contributed by atoms with Crippen LogP contribution in [0.15, 0.2) is 58.4 Å². The van der Waals surface area contributed by atoms with Crippen LogP contribution in [0.25, 0.3) is 22.3 Å². The number of nitrogens with zero attached hydrogens (tertiary/aromatic N) is 2. The maximum absolute atomic E-state index is 12.1. The van der Waals surface area contributed by atoms with Gasteiger partial charge in [0.05, 0.1) is 25.4 Å². The van der Waals surface area contributed by atoms with Crippen molar-refractivity contribution >= 4 is 11.6 Å². The third-order valence-electron chi connectivity index (χ3n) is 11.9. The van der Waals surface area contributed by atoms with Gasteiger partial charge in [-0.25, -0.2) is 0 Å². The van der Waals surface area contributed by atoms with E-state index in [4.69, 9.17) is 9.47 Å². The Kier molecular flexibility index (Phi) is 11.6. The third kappa shape index (κ3) is 8.45. The van der Waals surface area contributed by atoms with Crippen molar-refractivity contribution in [2.75, 3.05) is 0 Å². The quantitative estimate of drug-likeness (QED) is 0.184. The van der Waals surface area contributed by atoms with Crippen LogP contribution in [0.2, 0.25) is 0 Å². The smallest absolute Gasteiger partial charge is 0.253 e. The minimum Gasteiger partial charge on any atom is -0.374 e. The van der Waals surface area contributed by atoms with Crippen molar-refractivity contribution in [3.05, 3.63) is 114 Å². The van der Waals surface area contributed by atoms with E-state index in [2.05, 4.69) is 24.3 Å². The van der Waals surface area contributed by atoms with Crippen LogP contribution in [0.1, 0.15) is 109 Å². The summed E-state index contributed by atoms with van der Waals surface area (Å²) in [6.45, 7) is 4.86. The Bertz CT molecular complexity index is 2060. The van der Waals surface area contributed by atoms with E-state index in [1.165, 1.54) is 42.4 Å². The predicted molar refractivity (Wildman–Crippen MR) is 212 cm³/mol. The molecule has 0 N–H and O–H groups in total. The Balaban J connectivity index is 0.000000167. The maximum atomic E-state index is 12.1. The van der Waals surface area contributed by atoms with Gasteiger partial charge in [0.2, 0.25) is 0 Å². The monoisotopic (exact) mass is 730 g/mol. The minimum atomic E-state index is 0.0334. The van der Waals surface area contributed by atoms with Crippen molar-refractivity contribution in [3.8, 4) is 22.3 Å². The van der Waals surface area contributed by atoms with Crippen molar-refractivity contribution in [2.45, 2.75) is 129 Å². The van der Waals surface area contributed by atoms with E-state index in [0.717, 1.165) is 88.6 Å². The molecule has 284 valence electrons. The van der Waals surface area contributed by atoms with Crippen LogP contribution in [0.3, 0.4) is 0 Å². The molecule has 0 radical (unpaired) electrons. The van der Waals surface area contributed by atoms with E-state index < -0.39 is 0 Å². The lowest BCUT2D eigenvalue weighted by Crippen LogP contribution is -2.20. The summed E-state index contributed by atoms with van der Waals surface area (Å²) in [4.78, 5) is 48.0. The molecule has 54 heavy (non-hydrogen) atoms. The number of ketones is 2. The number of Topliss-reactive ketones (excluding diaryl/α,β-unsaturated/α-hetero) is 2. The first kappa shape index (κ1) is 37.9. The first-order valence-electron chi connectivity index (χ1n) is 19.9. The molecule has 8 rings (SSSR count). The molecule has 4 aromatic rings. The van der Waals surface area contributed by atoms with Gasteiger partial charge in [0, 0.05) is 63.3 Å². The Labute approximate surface area is 318 Å². The molecular formula is C46H54N2O6. The largest absolute Gasteiger partial charge is 0.374 e. The number of benzene rings is 2. The molecule has 0 aliphatic heterocycles. The highest BCUT2D eigenvalue weighted by Gasteiger charge is 2.24. The van der Waals surface area contributed by atoms with Crippen LogP contribution in [-0.2, 0) is 72.1 Å². The fourth-order valence-electron chi connectivity index (χ4n) is 8.89. The number of ether oxygens (including phenoxy) is 2. The van der Waals surface area contributed by atoms with E-state index in [9.17, 15) is 19.2 Å². The van der Waals surface area contributed by atoms with Gasteiger partial charge in [-0.3, -0.25) is 19.2 Å². The van der Waals surface area contributed by atoms with Crippen LogP contribution in [-0.4, -0.2) is 32.9 Å². The second-order valence-corrected chi connectivity index (χ2v) is 16.0. The highest BCUT2D eigenvalue weighted by Crippen LogP contribution is 2.35. The van der Waals surface area contributed by atoms with Gasteiger partial charge in [0.15, 0.2) is 0 Å². The van der Waals surface area contributed by atoms with E-state index >= 15 is 0 Å². The highest BCUT2D eigenvalue weighted by molar-refractivity contribution is 5.85. The molecule has 0 saturated heterocycles. The molecular weight excluding hydrogens is 677 g/mol. The lowest BCUT2D eigenvalue weighted by atomic mass is 9.84. The van der Waals surface area contributed by atoms with Crippen LogP contribution < -0.4 is 11.1 Å². The van der Waals surface area contributed by atoms with Gasteiger partial charge < -0.3 is 18.6 Å². The first-order valence-corrected chi connectivity index (χ1v) is 19.9. The van der Waals surface area contributed by atoms with Gasteiger partial charge in [-0.2, -0.15) is 0 Å². The highest BCUT2D eigenvalue weighted by atomic mass is 16.5. The summed E-state index contributed by atoms with van der Waals surface area (Å²) in [5.41, 5.74) is 13.0. The Morgan fingerprint density at radius 3 is 1.72 bits per heavy atom. The molecule has 4 aliphatic rings. The molecule has 2 aromatic carbocycles. The van der Waals surface area contributed by atoms with Gasteiger partial charge in [0.25, 0.3) is 11.1 Å². The van der Waals surface area contributed by atoms with Crippen LogP contribution in [0.4, 0.5) is 0 Å². The molecule has 0 spiro atoms. The number of fused-ring (bicyclic) bond motifs is 2. The number of aryl methyl sites for hydroxylation is 5. The zero-order valence-corrected chi connectivity index (χ0v) is 32.4. The number of hydrogen-bond acceptors (Lipinski definition) is 6. The molecule has 2 fully saturated rings. The van der Waals surface area contributed by atoms with Gasteiger partial charge in [0.1, 0.15) is 11.6 Å². The molecule has 0 atom stereocenters. The van der Waals surface area contributed by atoms with Crippen molar-refractivity contribution in [2.24, 2.45) is 14.1 Å². The lowest BCUT2D eigenvalue weighted by Gasteiger charge is -2.23.